The molecule has 29 heavy (non-hydrogen) atoms. The summed E-state index contributed by atoms with van der Waals surface area (Å²) in [7, 11) is 0. The van der Waals surface area contributed by atoms with Gasteiger partial charge in [-0.2, -0.15) is 18.4 Å². The van der Waals surface area contributed by atoms with E-state index in [0.29, 0.717) is 22.1 Å². The lowest BCUT2D eigenvalue weighted by Gasteiger charge is -2.22. The fourth-order valence-electron chi connectivity index (χ4n) is 3.02. The summed E-state index contributed by atoms with van der Waals surface area (Å²) in [6.07, 6.45) is -4.62. The van der Waals surface area contributed by atoms with Crippen LogP contribution < -0.4 is 5.32 Å². The number of rotatable bonds is 4. The van der Waals surface area contributed by atoms with Gasteiger partial charge in [-0.1, -0.05) is 24.3 Å². The van der Waals surface area contributed by atoms with Crippen molar-refractivity contribution in [3.63, 3.8) is 0 Å². The van der Waals surface area contributed by atoms with Gasteiger partial charge in [0, 0.05) is 5.56 Å². The minimum Gasteiger partial charge on any atom is -0.319 e. The van der Waals surface area contributed by atoms with E-state index in [0.717, 1.165) is 12.1 Å². The lowest BCUT2D eigenvalue weighted by atomic mass is 9.91. The number of alkyl halides is 3. The fourth-order valence-corrected chi connectivity index (χ4v) is 3.02. The highest BCUT2D eigenvalue weighted by Gasteiger charge is 2.49. The molecule has 1 unspecified atom stereocenters. The molecule has 3 rings (SSSR count). The first-order chi connectivity index (χ1) is 13.6. The smallest absolute Gasteiger partial charge is 0.319 e. The monoisotopic (exact) mass is 401 g/mol. The standard InChI is InChI=1S/C20H14F3N3O3/c1-19(14-7-5-12(10-24)6-8-14)17(28)26(18(29)25-19)11-16(27)13-3-2-4-15(9-13)20(21,22)23/h2-9H,11H2,1H3,(H,25,29). The zero-order valence-corrected chi connectivity index (χ0v) is 15.1. The first-order valence-electron chi connectivity index (χ1n) is 8.41. The first kappa shape index (κ1) is 20.1. The van der Waals surface area contributed by atoms with Crippen LogP contribution in [0.1, 0.15) is 34.0 Å². The van der Waals surface area contributed by atoms with E-state index in [2.05, 4.69) is 5.32 Å². The summed E-state index contributed by atoms with van der Waals surface area (Å²) in [6, 6.07) is 10.9. The Kier molecular flexibility index (Phi) is 4.88. The molecule has 148 valence electrons. The van der Waals surface area contributed by atoms with Crippen molar-refractivity contribution < 1.29 is 27.6 Å². The maximum atomic E-state index is 12.8. The van der Waals surface area contributed by atoms with Crippen LogP contribution in [-0.2, 0) is 16.5 Å². The number of hydrogen-bond acceptors (Lipinski definition) is 4. The van der Waals surface area contributed by atoms with Crippen LogP contribution in [0.4, 0.5) is 18.0 Å². The molecule has 1 aliphatic rings. The van der Waals surface area contributed by atoms with E-state index < -0.39 is 41.5 Å². The van der Waals surface area contributed by atoms with Crippen molar-refractivity contribution in [2.45, 2.75) is 18.6 Å². The van der Waals surface area contributed by atoms with Gasteiger partial charge in [0.05, 0.1) is 23.7 Å². The molecule has 0 aromatic heterocycles. The number of nitriles is 1. The van der Waals surface area contributed by atoms with Crippen molar-refractivity contribution in [3.8, 4) is 6.07 Å². The summed E-state index contributed by atoms with van der Waals surface area (Å²) in [5, 5.41) is 11.4. The number of urea groups is 1. The van der Waals surface area contributed by atoms with Gasteiger partial charge in [-0.15, -0.1) is 0 Å². The molecule has 2 aromatic rings. The number of hydrogen-bond donors (Lipinski definition) is 1. The first-order valence-corrected chi connectivity index (χ1v) is 8.41. The Hall–Kier alpha value is -3.67. The highest BCUT2D eigenvalue weighted by atomic mass is 19.4. The van der Waals surface area contributed by atoms with Gasteiger partial charge in [0.15, 0.2) is 5.78 Å². The number of Topliss-reactive ketones (excluding diaryl/α,β-unsaturated/α-hetero) is 1. The van der Waals surface area contributed by atoms with Crippen molar-refractivity contribution in [2.24, 2.45) is 0 Å². The summed E-state index contributed by atoms with van der Waals surface area (Å²) < 4.78 is 38.5. The molecule has 9 heteroatoms. The molecule has 0 aliphatic carbocycles. The second-order valence-corrected chi connectivity index (χ2v) is 6.64. The average Bonchev–Trinajstić information content (AvgIpc) is 2.91. The fraction of sp³-hybridized carbons (Fsp3) is 0.200. The van der Waals surface area contributed by atoms with E-state index in [-0.39, 0.29) is 5.56 Å². The number of carbonyl (C=O) groups excluding carboxylic acids is 3. The van der Waals surface area contributed by atoms with Crippen molar-refractivity contribution in [3.05, 3.63) is 70.8 Å². The Morgan fingerprint density at radius 2 is 1.83 bits per heavy atom. The quantitative estimate of drug-likeness (QED) is 0.629. The van der Waals surface area contributed by atoms with Crippen LogP contribution in [0.25, 0.3) is 0 Å². The predicted molar refractivity (Wildman–Crippen MR) is 94.5 cm³/mol. The Bertz CT molecular complexity index is 1040. The second-order valence-electron chi connectivity index (χ2n) is 6.64. The third-order valence-corrected chi connectivity index (χ3v) is 4.68. The molecule has 0 spiro atoms. The topological polar surface area (TPSA) is 90.3 Å². The molecule has 1 atom stereocenters. The third-order valence-electron chi connectivity index (χ3n) is 4.68. The van der Waals surface area contributed by atoms with Crippen LogP contribution >= 0.6 is 0 Å². The van der Waals surface area contributed by atoms with Crippen molar-refractivity contribution >= 4 is 17.7 Å². The number of nitrogens with one attached hydrogen (secondary N) is 1. The van der Waals surface area contributed by atoms with Gasteiger partial charge < -0.3 is 5.32 Å². The molecular weight excluding hydrogens is 387 g/mol. The SMILES string of the molecule is CC1(c2ccc(C#N)cc2)NC(=O)N(CC(=O)c2cccc(C(F)(F)F)c2)C1=O. The van der Waals surface area contributed by atoms with E-state index in [1.54, 1.807) is 0 Å². The summed E-state index contributed by atoms with van der Waals surface area (Å²) in [5.41, 5.74) is -1.94. The third kappa shape index (κ3) is 3.69. The predicted octanol–water partition coefficient (Wildman–Crippen LogP) is 3.23. The van der Waals surface area contributed by atoms with Crippen LogP contribution in [-0.4, -0.2) is 29.2 Å². The Morgan fingerprint density at radius 3 is 2.41 bits per heavy atom. The molecule has 3 amide bonds. The Morgan fingerprint density at radius 1 is 1.17 bits per heavy atom. The Labute approximate surface area is 163 Å². The Balaban J connectivity index is 1.83. The van der Waals surface area contributed by atoms with Crippen LogP contribution in [0.2, 0.25) is 0 Å². The van der Waals surface area contributed by atoms with Gasteiger partial charge in [0.2, 0.25) is 0 Å². The number of nitrogens with zero attached hydrogens (tertiary/aromatic N) is 2. The molecule has 6 nitrogen and oxygen atoms in total. The number of amides is 3. The van der Waals surface area contributed by atoms with Crippen LogP contribution in [0.5, 0.6) is 0 Å². The van der Waals surface area contributed by atoms with Crippen molar-refractivity contribution in [1.29, 1.82) is 5.26 Å². The van der Waals surface area contributed by atoms with Crippen LogP contribution in [0, 0.1) is 11.3 Å². The molecular formula is C20H14F3N3O3. The minimum atomic E-state index is -4.62. The van der Waals surface area contributed by atoms with E-state index in [1.165, 1.54) is 37.3 Å². The lowest BCUT2D eigenvalue weighted by molar-refractivity contribution is -0.137. The normalized spacial score (nSPS) is 19.1. The lowest BCUT2D eigenvalue weighted by Crippen LogP contribution is -2.41. The van der Waals surface area contributed by atoms with E-state index in [1.807, 2.05) is 6.07 Å². The van der Waals surface area contributed by atoms with E-state index in [9.17, 15) is 27.6 Å². The average molecular weight is 401 g/mol. The maximum Gasteiger partial charge on any atom is 0.416 e. The van der Waals surface area contributed by atoms with Crippen molar-refractivity contribution in [1.82, 2.24) is 10.2 Å². The molecule has 1 saturated heterocycles. The summed E-state index contributed by atoms with van der Waals surface area (Å²) in [4.78, 5) is 38.2. The number of halogens is 3. The van der Waals surface area contributed by atoms with Crippen molar-refractivity contribution in [2.75, 3.05) is 6.54 Å². The van der Waals surface area contributed by atoms with Gasteiger partial charge in [0.25, 0.3) is 5.91 Å². The van der Waals surface area contributed by atoms with Gasteiger partial charge >= 0.3 is 12.2 Å². The zero-order chi connectivity index (χ0) is 21.4. The van der Waals surface area contributed by atoms with Gasteiger partial charge in [-0.05, 0) is 36.8 Å². The highest BCUT2D eigenvalue weighted by Crippen LogP contribution is 2.31. The second kappa shape index (κ2) is 7.05. The summed E-state index contributed by atoms with van der Waals surface area (Å²) in [5.74, 6) is -1.52. The molecule has 1 aliphatic heterocycles. The molecule has 0 radical (unpaired) electrons. The molecule has 2 aromatic carbocycles. The van der Waals surface area contributed by atoms with E-state index >= 15 is 0 Å². The van der Waals surface area contributed by atoms with Gasteiger partial charge in [0.1, 0.15) is 5.54 Å². The van der Waals surface area contributed by atoms with E-state index in [4.69, 9.17) is 5.26 Å². The molecule has 0 bridgehead atoms. The molecule has 1 fully saturated rings. The van der Waals surface area contributed by atoms with Crippen LogP contribution in [0.3, 0.4) is 0 Å². The largest absolute Gasteiger partial charge is 0.416 e. The summed E-state index contributed by atoms with van der Waals surface area (Å²) >= 11 is 0. The zero-order valence-electron chi connectivity index (χ0n) is 15.1. The maximum absolute atomic E-state index is 12.8. The molecule has 1 heterocycles. The number of imide groups is 1. The summed E-state index contributed by atoms with van der Waals surface area (Å²) in [6.45, 7) is 0.751. The molecule has 1 N–H and O–H groups in total. The highest BCUT2D eigenvalue weighted by molar-refractivity contribution is 6.11. The minimum absolute atomic E-state index is 0.257. The number of benzene rings is 2. The number of carbonyl (C=O) groups is 3. The number of ketones is 1. The van der Waals surface area contributed by atoms with Crippen LogP contribution in [0.15, 0.2) is 48.5 Å². The van der Waals surface area contributed by atoms with Gasteiger partial charge in [-0.25, -0.2) is 4.79 Å². The van der Waals surface area contributed by atoms with Gasteiger partial charge in [-0.3, -0.25) is 14.5 Å². The molecule has 0 saturated carbocycles.